The Morgan fingerprint density at radius 1 is 1.19 bits per heavy atom. The average molecular weight is 318 g/mol. The molecule has 3 aromatic rings. The first-order chi connectivity index (χ1) is 10.2. The molecule has 1 amide bonds. The molecule has 0 aliphatic heterocycles. The van der Waals surface area contributed by atoms with E-state index >= 15 is 0 Å². The lowest BCUT2D eigenvalue weighted by atomic mass is 10.3. The van der Waals surface area contributed by atoms with Crippen LogP contribution >= 0.6 is 23.4 Å². The number of nitrogens with one attached hydrogen (secondary N) is 1. The highest BCUT2D eigenvalue weighted by Gasteiger charge is 2.07. The second-order valence-electron chi connectivity index (χ2n) is 4.36. The van der Waals surface area contributed by atoms with Gasteiger partial charge in [-0.2, -0.15) is 0 Å². The van der Waals surface area contributed by atoms with Crippen molar-refractivity contribution < 1.29 is 4.79 Å². The molecule has 0 radical (unpaired) electrons. The molecule has 0 atom stereocenters. The molecule has 1 N–H and O–H groups in total. The fraction of sp³-hybridized carbons (Fsp3) is 0.0667. The third kappa shape index (κ3) is 3.20. The Bertz CT molecular complexity index is 787. The summed E-state index contributed by atoms with van der Waals surface area (Å²) < 4.78 is 1.63. The predicted molar refractivity (Wildman–Crippen MR) is 86.3 cm³/mol. The second kappa shape index (κ2) is 6.20. The largest absolute Gasteiger partial charge is 0.272 e. The van der Waals surface area contributed by atoms with Crippen molar-refractivity contribution in [1.82, 2.24) is 9.66 Å². The maximum Gasteiger partial charge on any atom is 0.249 e. The normalized spacial score (nSPS) is 10.7. The number of para-hydroxylation sites is 2. The van der Waals surface area contributed by atoms with Gasteiger partial charge < -0.3 is 0 Å². The number of hydrogen-bond acceptors (Lipinski definition) is 3. The zero-order valence-electron chi connectivity index (χ0n) is 11.0. The van der Waals surface area contributed by atoms with Gasteiger partial charge in [0.15, 0.2) is 0 Å². The van der Waals surface area contributed by atoms with Gasteiger partial charge in [0.1, 0.15) is 6.33 Å². The van der Waals surface area contributed by atoms with Crippen molar-refractivity contribution in [2.24, 2.45) is 0 Å². The van der Waals surface area contributed by atoms with Gasteiger partial charge in [0.2, 0.25) is 5.91 Å². The summed E-state index contributed by atoms with van der Waals surface area (Å²) in [6.07, 6.45) is 1.60. The minimum atomic E-state index is -0.108. The molecule has 0 unspecified atom stereocenters. The molecule has 2 aromatic carbocycles. The number of aromatic nitrogens is 2. The van der Waals surface area contributed by atoms with E-state index < -0.39 is 0 Å². The first-order valence-corrected chi connectivity index (χ1v) is 7.69. The third-order valence-corrected chi connectivity index (χ3v) is 4.41. The van der Waals surface area contributed by atoms with Gasteiger partial charge in [-0.05, 0) is 24.3 Å². The van der Waals surface area contributed by atoms with E-state index in [1.54, 1.807) is 11.0 Å². The van der Waals surface area contributed by atoms with Gasteiger partial charge in [-0.25, -0.2) is 9.66 Å². The van der Waals surface area contributed by atoms with E-state index in [2.05, 4.69) is 10.4 Å². The molecule has 0 aliphatic rings. The average Bonchev–Trinajstić information content (AvgIpc) is 2.90. The zero-order chi connectivity index (χ0) is 14.7. The minimum absolute atomic E-state index is 0.108. The van der Waals surface area contributed by atoms with Crippen molar-refractivity contribution in [2.45, 2.75) is 4.90 Å². The number of amides is 1. The number of halogens is 1. The van der Waals surface area contributed by atoms with E-state index in [9.17, 15) is 4.79 Å². The summed E-state index contributed by atoms with van der Waals surface area (Å²) in [5.74, 6) is 0.180. The molecule has 0 bridgehead atoms. The molecule has 0 fully saturated rings. The summed E-state index contributed by atoms with van der Waals surface area (Å²) in [4.78, 5) is 17.1. The van der Waals surface area contributed by atoms with Gasteiger partial charge in [-0.15, -0.1) is 11.8 Å². The van der Waals surface area contributed by atoms with Crippen LogP contribution in [0.25, 0.3) is 11.0 Å². The summed E-state index contributed by atoms with van der Waals surface area (Å²) in [6, 6.07) is 15.1. The summed E-state index contributed by atoms with van der Waals surface area (Å²) >= 11 is 7.47. The van der Waals surface area contributed by atoms with Gasteiger partial charge in [-0.1, -0.05) is 35.9 Å². The molecule has 1 aromatic heterocycles. The van der Waals surface area contributed by atoms with Crippen LogP contribution in [0.2, 0.25) is 5.02 Å². The fourth-order valence-electron chi connectivity index (χ4n) is 1.92. The number of benzene rings is 2. The van der Waals surface area contributed by atoms with Crippen molar-refractivity contribution >= 4 is 40.3 Å². The minimum Gasteiger partial charge on any atom is -0.272 e. The van der Waals surface area contributed by atoms with Gasteiger partial charge in [-0.3, -0.25) is 10.2 Å². The number of carbonyl (C=O) groups excluding carboxylic acids is 1. The molecule has 0 saturated heterocycles. The van der Waals surface area contributed by atoms with Crippen LogP contribution < -0.4 is 5.43 Å². The lowest BCUT2D eigenvalue weighted by Gasteiger charge is -2.07. The fourth-order valence-corrected chi connectivity index (χ4v) is 2.95. The molecule has 0 spiro atoms. The van der Waals surface area contributed by atoms with Crippen molar-refractivity contribution in [3.05, 3.63) is 59.9 Å². The van der Waals surface area contributed by atoms with E-state index in [1.807, 2.05) is 48.5 Å². The van der Waals surface area contributed by atoms with Crippen LogP contribution in [0.5, 0.6) is 0 Å². The summed E-state index contributed by atoms with van der Waals surface area (Å²) in [6.45, 7) is 0. The molecular weight excluding hydrogens is 306 g/mol. The van der Waals surface area contributed by atoms with Crippen LogP contribution in [0, 0.1) is 0 Å². The highest BCUT2D eigenvalue weighted by atomic mass is 35.5. The molecule has 3 rings (SSSR count). The maximum absolute atomic E-state index is 12.0. The van der Waals surface area contributed by atoms with E-state index in [0.717, 1.165) is 15.9 Å². The molecule has 106 valence electrons. The lowest BCUT2D eigenvalue weighted by Crippen LogP contribution is -2.23. The smallest absolute Gasteiger partial charge is 0.249 e. The Morgan fingerprint density at radius 2 is 1.95 bits per heavy atom. The highest BCUT2D eigenvalue weighted by Crippen LogP contribution is 2.26. The SMILES string of the molecule is O=C(CSc1ccccc1Cl)Nn1cnc2ccccc21. The number of rotatable bonds is 4. The zero-order valence-corrected chi connectivity index (χ0v) is 12.6. The molecule has 4 nitrogen and oxygen atoms in total. The van der Waals surface area contributed by atoms with Crippen LogP contribution in [0.1, 0.15) is 0 Å². The summed E-state index contributed by atoms with van der Waals surface area (Å²) in [5.41, 5.74) is 4.52. The Kier molecular flexibility index (Phi) is 4.13. The lowest BCUT2D eigenvalue weighted by molar-refractivity contribution is -0.114. The van der Waals surface area contributed by atoms with Crippen molar-refractivity contribution in [3.8, 4) is 0 Å². The number of fused-ring (bicyclic) bond motifs is 1. The van der Waals surface area contributed by atoms with E-state index in [1.165, 1.54) is 11.8 Å². The van der Waals surface area contributed by atoms with Gasteiger partial charge in [0.05, 0.1) is 21.8 Å². The number of hydrogen-bond donors (Lipinski definition) is 1. The standard InChI is InChI=1S/C15H12ClN3OS/c16-11-5-1-4-8-14(11)21-9-15(20)18-19-10-17-12-6-2-3-7-13(12)19/h1-8,10H,9H2,(H,18,20). The first kappa shape index (κ1) is 14.0. The first-order valence-electron chi connectivity index (χ1n) is 6.33. The maximum atomic E-state index is 12.0. The molecule has 21 heavy (non-hydrogen) atoms. The van der Waals surface area contributed by atoms with Crippen LogP contribution in [0.4, 0.5) is 0 Å². The molecule has 1 heterocycles. The number of thioether (sulfide) groups is 1. The van der Waals surface area contributed by atoms with E-state index in [0.29, 0.717) is 5.02 Å². The predicted octanol–water partition coefficient (Wildman–Crippen LogP) is 3.55. The number of carbonyl (C=O) groups is 1. The molecule has 0 saturated carbocycles. The topological polar surface area (TPSA) is 46.9 Å². The summed E-state index contributed by atoms with van der Waals surface area (Å²) in [7, 11) is 0. The Balaban J connectivity index is 1.66. The Morgan fingerprint density at radius 3 is 2.81 bits per heavy atom. The third-order valence-electron chi connectivity index (χ3n) is 2.89. The summed E-state index contributed by atoms with van der Waals surface area (Å²) in [5, 5.41) is 0.656. The van der Waals surface area contributed by atoms with Crippen LogP contribution in [-0.4, -0.2) is 21.3 Å². The van der Waals surface area contributed by atoms with Gasteiger partial charge in [0.25, 0.3) is 0 Å². The van der Waals surface area contributed by atoms with Gasteiger partial charge in [0, 0.05) is 4.90 Å². The highest BCUT2D eigenvalue weighted by molar-refractivity contribution is 8.00. The molecule has 6 heteroatoms. The van der Waals surface area contributed by atoms with E-state index in [-0.39, 0.29) is 11.7 Å². The van der Waals surface area contributed by atoms with Crippen molar-refractivity contribution in [3.63, 3.8) is 0 Å². The van der Waals surface area contributed by atoms with Crippen molar-refractivity contribution in [1.29, 1.82) is 0 Å². The second-order valence-corrected chi connectivity index (χ2v) is 5.78. The Hall–Kier alpha value is -1.98. The van der Waals surface area contributed by atoms with Gasteiger partial charge >= 0.3 is 0 Å². The quantitative estimate of drug-likeness (QED) is 0.749. The molecule has 0 aliphatic carbocycles. The van der Waals surface area contributed by atoms with Crippen molar-refractivity contribution in [2.75, 3.05) is 11.2 Å². The van der Waals surface area contributed by atoms with Crippen LogP contribution in [0.15, 0.2) is 59.8 Å². The molecular formula is C15H12ClN3OS. The van der Waals surface area contributed by atoms with E-state index in [4.69, 9.17) is 11.6 Å². The van der Waals surface area contributed by atoms with Crippen LogP contribution in [-0.2, 0) is 4.79 Å². The monoisotopic (exact) mass is 317 g/mol. The number of nitrogens with zero attached hydrogens (tertiary/aromatic N) is 2. The Labute approximate surface area is 131 Å². The number of imidazole rings is 1. The van der Waals surface area contributed by atoms with Crippen LogP contribution in [0.3, 0.4) is 0 Å².